The number of ether oxygens (including phenoxy) is 2. The molecule has 2 atom stereocenters. The number of carbonyl (C=O) groups is 4. The number of hydrogen-bond donors (Lipinski definition) is 2. The average molecular weight is 755 g/mol. The summed E-state index contributed by atoms with van der Waals surface area (Å²) in [6.45, 7) is 4.38. The molecule has 284 valence electrons. The fourth-order valence-corrected chi connectivity index (χ4v) is 5.95. The summed E-state index contributed by atoms with van der Waals surface area (Å²) in [5.74, 6) is -5.99. The Morgan fingerprint density at radius 1 is 0.490 bits per heavy atom. The maximum absolute atomic E-state index is 11.5. The Kier molecular flexibility index (Phi) is 34.3. The molecule has 0 rings (SSSR count). The van der Waals surface area contributed by atoms with E-state index in [2.05, 4.69) is 13.8 Å². The van der Waals surface area contributed by atoms with Crippen molar-refractivity contribution in [2.45, 2.75) is 166 Å². The van der Waals surface area contributed by atoms with Gasteiger partial charge in [0.1, 0.15) is 0 Å². The molecule has 17 heteroatoms. The van der Waals surface area contributed by atoms with Gasteiger partial charge in [-0.25, -0.2) is 0 Å². The normalized spacial score (nSPS) is 12.5. The molecule has 0 heterocycles. The third kappa shape index (κ3) is 33.4. The van der Waals surface area contributed by atoms with E-state index >= 15 is 0 Å². The largest absolute Gasteiger partial charge is 2.00 e. The zero-order valence-electron chi connectivity index (χ0n) is 29.4. The van der Waals surface area contributed by atoms with E-state index < -0.39 is 67.5 Å². The summed E-state index contributed by atoms with van der Waals surface area (Å²) in [5.41, 5.74) is 0. The van der Waals surface area contributed by atoms with Gasteiger partial charge in [-0.2, -0.15) is 16.8 Å². The Hall–Kier alpha value is -1.53. The third-order valence-corrected chi connectivity index (χ3v) is 9.59. The second-order valence-electron chi connectivity index (χ2n) is 11.9. The van der Waals surface area contributed by atoms with Crippen LogP contribution in [0.25, 0.3) is 0 Å². The zero-order valence-corrected chi connectivity index (χ0v) is 32.5. The molecular weight excluding hydrogens is 697 g/mol. The summed E-state index contributed by atoms with van der Waals surface area (Å²) in [5, 5.41) is 16.6. The van der Waals surface area contributed by atoms with Crippen LogP contribution in [0.4, 0.5) is 0 Å². The van der Waals surface area contributed by atoms with Crippen molar-refractivity contribution >= 4 is 67.2 Å². The first-order valence-corrected chi connectivity index (χ1v) is 20.2. The maximum atomic E-state index is 11.5. The molecule has 0 bridgehead atoms. The zero-order chi connectivity index (χ0) is 36.8. The number of aliphatic carboxylic acids is 2. The molecule has 0 saturated carbocycles. The SMILES string of the molecule is CCCCCCCCCCCCOC(=O)C(CC(=O)[O-])S(=O)(=O)O.CCCCCCCCCCCCOC(=O)C(CC(=O)[O-])S(=O)(=O)O.[Mg+2]. The molecule has 0 amide bonds. The van der Waals surface area contributed by atoms with Gasteiger partial charge in [0.05, 0.1) is 13.2 Å². The van der Waals surface area contributed by atoms with Gasteiger partial charge in [0.25, 0.3) is 20.2 Å². The molecule has 2 unspecified atom stereocenters. The monoisotopic (exact) mass is 754 g/mol. The van der Waals surface area contributed by atoms with E-state index in [0.717, 1.165) is 38.5 Å². The Bertz CT molecular complexity index is 1010. The summed E-state index contributed by atoms with van der Waals surface area (Å²) in [4.78, 5) is 43.9. The van der Waals surface area contributed by atoms with Crippen molar-refractivity contribution in [3.8, 4) is 0 Å². The number of esters is 2. The molecule has 0 fully saturated rings. The first kappa shape index (κ1) is 51.8. The van der Waals surface area contributed by atoms with Crippen molar-refractivity contribution in [1.82, 2.24) is 0 Å². The minimum atomic E-state index is -4.82. The minimum absolute atomic E-state index is 0. The van der Waals surface area contributed by atoms with E-state index in [1.54, 1.807) is 0 Å². The van der Waals surface area contributed by atoms with Gasteiger partial charge >= 0.3 is 35.0 Å². The number of carboxylic acids is 2. The number of rotatable bonds is 30. The summed E-state index contributed by atoms with van der Waals surface area (Å²) < 4.78 is 71.1. The van der Waals surface area contributed by atoms with Crippen molar-refractivity contribution in [3.05, 3.63) is 0 Å². The topological polar surface area (TPSA) is 242 Å². The van der Waals surface area contributed by atoms with Gasteiger partial charge in [-0.1, -0.05) is 129 Å². The van der Waals surface area contributed by atoms with Crippen LogP contribution in [0, 0.1) is 0 Å². The van der Waals surface area contributed by atoms with Gasteiger partial charge in [-0.15, -0.1) is 0 Å². The van der Waals surface area contributed by atoms with Crippen molar-refractivity contribution in [2.75, 3.05) is 13.2 Å². The quantitative estimate of drug-likeness (QED) is 0.0463. The van der Waals surface area contributed by atoms with Crippen LogP contribution < -0.4 is 10.2 Å². The Balaban J connectivity index is -0.000000846. The summed E-state index contributed by atoms with van der Waals surface area (Å²) >= 11 is 0. The molecule has 0 aliphatic rings. The molecule has 0 aromatic carbocycles. The van der Waals surface area contributed by atoms with Crippen LogP contribution in [0.1, 0.15) is 155 Å². The van der Waals surface area contributed by atoms with E-state index in [1.165, 1.54) is 77.0 Å². The van der Waals surface area contributed by atoms with Crippen LogP contribution in [0.5, 0.6) is 0 Å². The van der Waals surface area contributed by atoms with Crippen molar-refractivity contribution < 1.29 is 64.8 Å². The predicted molar refractivity (Wildman–Crippen MR) is 181 cm³/mol. The summed E-state index contributed by atoms with van der Waals surface area (Å²) in [7, 11) is -9.64. The first-order chi connectivity index (χ1) is 22.6. The average Bonchev–Trinajstić information content (AvgIpc) is 2.99. The number of carbonyl (C=O) groups excluding carboxylic acids is 4. The number of unbranched alkanes of at least 4 members (excludes halogenated alkanes) is 18. The fourth-order valence-electron chi connectivity index (χ4n) is 4.63. The van der Waals surface area contributed by atoms with Gasteiger partial charge < -0.3 is 29.3 Å². The molecule has 0 aromatic rings. The molecule has 0 aliphatic heterocycles. The third-order valence-electron chi connectivity index (χ3n) is 7.43. The number of hydrogen-bond acceptors (Lipinski definition) is 12. The van der Waals surface area contributed by atoms with E-state index in [0.29, 0.717) is 12.8 Å². The molecule has 0 aromatic heterocycles. The Morgan fingerprint density at radius 3 is 0.918 bits per heavy atom. The standard InChI is InChI=1S/2C16H30O7S.Mg/c2*1-2-3-4-5-6-7-8-9-10-11-12-23-16(19)14(13-15(17)18)24(20,21)22;/h2*14H,2-13H2,1H3,(H,17,18)(H,20,21,22);/q;;+2/p-2. The van der Waals surface area contributed by atoms with Crippen LogP contribution in [0.3, 0.4) is 0 Å². The molecule has 0 saturated heterocycles. The van der Waals surface area contributed by atoms with Crippen LogP contribution in [-0.2, 0) is 48.9 Å². The van der Waals surface area contributed by atoms with Gasteiger partial charge in [0.2, 0.25) is 0 Å². The van der Waals surface area contributed by atoms with E-state index in [1.807, 2.05) is 0 Å². The predicted octanol–water partition coefficient (Wildman–Crippen LogP) is 3.31. The van der Waals surface area contributed by atoms with Crippen LogP contribution in [-0.4, -0.2) is 96.6 Å². The van der Waals surface area contributed by atoms with Crippen molar-refractivity contribution in [1.29, 1.82) is 0 Å². The summed E-state index contributed by atoms with van der Waals surface area (Å²) in [6.07, 6.45) is 19.8. The van der Waals surface area contributed by atoms with Gasteiger partial charge in [-0.05, 0) is 12.8 Å². The molecule has 0 spiro atoms. The first-order valence-electron chi connectivity index (χ1n) is 17.2. The smallest absolute Gasteiger partial charge is 0.550 e. The molecule has 0 radical (unpaired) electrons. The van der Waals surface area contributed by atoms with Gasteiger partial charge in [-0.3, -0.25) is 18.7 Å². The van der Waals surface area contributed by atoms with Crippen LogP contribution >= 0.6 is 0 Å². The molecule has 49 heavy (non-hydrogen) atoms. The van der Waals surface area contributed by atoms with Crippen LogP contribution in [0.15, 0.2) is 0 Å². The minimum Gasteiger partial charge on any atom is -0.550 e. The summed E-state index contributed by atoms with van der Waals surface area (Å²) in [6, 6.07) is 0. The molecule has 2 N–H and O–H groups in total. The fraction of sp³-hybridized carbons (Fsp3) is 0.875. The van der Waals surface area contributed by atoms with E-state index in [4.69, 9.17) is 18.6 Å². The second kappa shape index (κ2) is 32.4. The second-order valence-corrected chi connectivity index (χ2v) is 15.1. The molecule has 14 nitrogen and oxygen atoms in total. The molecular formula is C32H58MgO14S2. The number of carboxylic acid groups (broad SMARTS) is 2. The van der Waals surface area contributed by atoms with Crippen LogP contribution in [0.2, 0.25) is 0 Å². The van der Waals surface area contributed by atoms with E-state index in [-0.39, 0.29) is 36.3 Å². The maximum Gasteiger partial charge on any atom is 2.00 e. The van der Waals surface area contributed by atoms with Gasteiger partial charge in [0.15, 0.2) is 10.5 Å². The van der Waals surface area contributed by atoms with Crippen molar-refractivity contribution in [2.24, 2.45) is 0 Å². The molecule has 0 aliphatic carbocycles. The Labute approximate surface area is 309 Å². The Morgan fingerprint density at radius 2 is 0.714 bits per heavy atom. The van der Waals surface area contributed by atoms with E-state index in [9.17, 15) is 46.2 Å². The van der Waals surface area contributed by atoms with Gasteiger partial charge in [0, 0.05) is 24.8 Å². The van der Waals surface area contributed by atoms with Crippen molar-refractivity contribution in [3.63, 3.8) is 0 Å².